The van der Waals surface area contributed by atoms with Crippen LogP contribution in [0.4, 0.5) is 10.5 Å². The Morgan fingerprint density at radius 2 is 2.50 bits per heavy atom. The highest BCUT2D eigenvalue weighted by Crippen LogP contribution is 2.30. The van der Waals surface area contributed by atoms with Crippen LogP contribution in [0.25, 0.3) is 0 Å². The SMILES string of the molecule is O=C(O)NCC1CNc2cnn(C3CCCCO3)c2C1. The van der Waals surface area contributed by atoms with Crippen LogP contribution in [0.15, 0.2) is 6.20 Å². The number of nitrogens with one attached hydrogen (secondary N) is 2. The quantitative estimate of drug-likeness (QED) is 0.779. The maximum absolute atomic E-state index is 10.6. The zero-order valence-electron chi connectivity index (χ0n) is 11.3. The second-order valence-corrected chi connectivity index (χ2v) is 5.41. The van der Waals surface area contributed by atoms with Crippen LogP contribution in [0.2, 0.25) is 0 Å². The molecule has 0 aromatic carbocycles. The van der Waals surface area contributed by atoms with E-state index >= 15 is 0 Å². The highest BCUT2D eigenvalue weighted by atomic mass is 16.5. The van der Waals surface area contributed by atoms with E-state index in [0.29, 0.717) is 6.54 Å². The molecule has 1 amide bonds. The molecule has 1 fully saturated rings. The minimum atomic E-state index is -0.972. The van der Waals surface area contributed by atoms with Crippen LogP contribution in [0.3, 0.4) is 0 Å². The summed E-state index contributed by atoms with van der Waals surface area (Å²) < 4.78 is 7.75. The summed E-state index contributed by atoms with van der Waals surface area (Å²) in [5.74, 6) is 0.248. The second-order valence-electron chi connectivity index (χ2n) is 5.41. The van der Waals surface area contributed by atoms with Crippen LogP contribution in [0.1, 0.15) is 31.2 Å². The highest BCUT2D eigenvalue weighted by molar-refractivity contribution is 5.64. The van der Waals surface area contributed by atoms with Gasteiger partial charge in [-0.25, -0.2) is 9.48 Å². The molecule has 110 valence electrons. The molecule has 3 heterocycles. The van der Waals surface area contributed by atoms with Crippen molar-refractivity contribution in [2.75, 3.05) is 25.0 Å². The smallest absolute Gasteiger partial charge is 0.404 e. The number of rotatable bonds is 3. The minimum Gasteiger partial charge on any atom is -0.465 e. The van der Waals surface area contributed by atoms with Crippen LogP contribution in [0, 0.1) is 5.92 Å². The molecule has 3 rings (SSSR count). The first-order valence-electron chi connectivity index (χ1n) is 7.12. The second kappa shape index (κ2) is 5.70. The molecule has 3 N–H and O–H groups in total. The van der Waals surface area contributed by atoms with Crippen molar-refractivity contribution in [2.24, 2.45) is 5.92 Å². The summed E-state index contributed by atoms with van der Waals surface area (Å²) in [5, 5.41) is 18.9. The zero-order valence-corrected chi connectivity index (χ0v) is 11.3. The Morgan fingerprint density at radius 3 is 3.25 bits per heavy atom. The Kier molecular flexibility index (Phi) is 3.77. The molecule has 2 aliphatic rings. The van der Waals surface area contributed by atoms with E-state index in [-0.39, 0.29) is 12.1 Å². The fourth-order valence-corrected chi connectivity index (χ4v) is 2.88. The van der Waals surface area contributed by atoms with Gasteiger partial charge in [-0.05, 0) is 31.6 Å². The van der Waals surface area contributed by atoms with Crippen LogP contribution in [0.5, 0.6) is 0 Å². The molecule has 1 aromatic rings. The van der Waals surface area contributed by atoms with E-state index in [9.17, 15) is 4.79 Å². The molecule has 0 aliphatic carbocycles. The molecular weight excluding hydrogens is 260 g/mol. The van der Waals surface area contributed by atoms with Crippen LogP contribution < -0.4 is 10.6 Å². The van der Waals surface area contributed by atoms with Crippen molar-refractivity contribution in [3.05, 3.63) is 11.9 Å². The summed E-state index contributed by atoms with van der Waals surface area (Å²) in [6, 6.07) is 0. The van der Waals surface area contributed by atoms with E-state index < -0.39 is 6.09 Å². The fourth-order valence-electron chi connectivity index (χ4n) is 2.88. The Balaban J connectivity index is 1.70. The van der Waals surface area contributed by atoms with Gasteiger partial charge in [-0.3, -0.25) is 0 Å². The van der Waals surface area contributed by atoms with Crippen molar-refractivity contribution in [1.29, 1.82) is 0 Å². The van der Waals surface area contributed by atoms with E-state index in [1.54, 1.807) is 0 Å². The Hall–Kier alpha value is -1.76. The average molecular weight is 280 g/mol. The summed E-state index contributed by atoms with van der Waals surface area (Å²) in [7, 11) is 0. The number of aromatic nitrogens is 2. The van der Waals surface area contributed by atoms with E-state index in [4.69, 9.17) is 9.84 Å². The highest BCUT2D eigenvalue weighted by Gasteiger charge is 2.26. The van der Waals surface area contributed by atoms with Crippen LogP contribution in [-0.2, 0) is 11.2 Å². The van der Waals surface area contributed by atoms with E-state index in [0.717, 1.165) is 50.2 Å². The average Bonchev–Trinajstić information content (AvgIpc) is 2.89. The molecular formula is C13H20N4O3. The number of anilines is 1. The maximum atomic E-state index is 10.6. The first-order chi connectivity index (χ1) is 9.74. The summed E-state index contributed by atoms with van der Waals surface area (Å²) >= 11 is 0. The van der Waals surface area contributed by atoms with Crippen molar-refractivity contribution in [1.82, 2.24) is 15.1 Å². The number of ether oxygens (including phenoxy) is 1. The largest absolute Gasteiger partial charge is 0.465 e. The first kappa shape index (κ1) is 13.2. The third kappa shape index (κ3) is 2.72. The first-order valence-corrected chi connectivity index (χ1v) is 7.12. The number of hydrogen-bond acceptors (Lipinski definition) is 4. The van der Waals surface area contributed by atoms with Gasteiger partial charge in [-0.15, -0.1) is 0 Å². The Bertz CT molecular complexity index is 482. The van der Waals surface area contributed by atoms with Gasteiger partial charge in [-0.1, -0.05) is 0 Å². The lowest BCUT2D eigenvalue weighted by Gasteiger charge is -2.28. The standard InChI is InChI=1S/C13H20N4O3/c18-13(19)15-7-9-5-11-10(14-6-9)8-16-17(11)12-3-1-2-4-20-12/h8-9,12,14-15H,1-7H2,(H,18,19). The predicted octanol–water partition coefficient (Wildman–Crippen LogP) is 1.43. The number of fused-ring (bicyclic) bond motifs is 1. The Labute approximate surface area is 117 Å². The number of nitrogens with zero attached hydrogens (tertiary/aromatic N) is 2. The number of hydrogen-bond donors (Lipinski definition) is 3. The molecule has 1 saturated heterocycles. The normalized spacial score (nSPS) is 25.6. The molecule has 2 aliphatic heterocycles. The molecule has 7 heteroatoms. The lowest BCUT2D eigenvalue weighted by atomic mass is 9.98. The van der Waals surface area contributed by atoms with Crippen molar-refractivity contribution in [3.63, 3.8) is 0 Å². The summed E-state index contributed by atoms with van der Waals surface area (Å²) in [6.07, 6.45) is 4.99. The lowest BCUT2D eigenvalue weighted by molar-refractivity contribution is -0.0413. The van der Waals surface area contributed by atoms with E-state index in [2.05, 4.69) is 15.7 Å². The van der Waals surface area contributed by atoms with Gasteiger partial charge in [0.2, 0.25) is 0 Å². The van der Waals surface area contributed by atoms with Gasteiger partial charge in [0.05, 0.1) is 17.6 Å². The third-order valence-electron chi connectivity index (χ3n) is 3.93. The fraction of sp³-hybridized carbons (Fsp3) is 0.692. The van der Waals surface area contributed by atoms with Gasteiger partial charge in [0, 0.05) is 19.7 Å². The summed E-state index contributed by atoms with van der Waals surface area (Å²) in [6.45, 7) is 2.01. The molecule has 0 saturated carbocycles. The monoisotopic (exact) mass is 280 g/mol. The van der Waals surface area contributed by atoms with Gasteiger partial charge >= 0.3 is 6.09 Å². The number of carbonyl (C=O) groups is 1. The van der Waals surface area contributed by atoms with E-state index in [1.807, 2.05) is 10.9 Å². The molecule has 0 radical (unpaired) electrons. The maximum Gasteiger partial charge on any atom is 0.404 e. The zero-order chi connectivity index (χ0) is 13.9. The molecule has 0 spiro atoms. The molecule has 0 bridgehead atoms. The lowest BCUT2D eigenvalue weighted by Crippen LogP contribution is -2.35. The van der Waals surface area contributed by atoms with Crippen LogP contribution >= 0.6 is 0 Å². The van der Waals surface area contributed by atoms with Crippen molar-refractivity contribution < 1.29 is 14.6 Å². The van der Waals surface area contributed by atoms with Gasteiger partial charge in [0.15, 0.2) is 6.23 Å². The Morgan fingerprint density at radius 1 is 1.60 bits per heavy atom. The van der Waals surface area contributed by atoms with Gasteiger partial charge < -0.3 is 20.5 Å². The summed E-state index contributed by atoms with van der Waals surface area (Å²) in [5.41, 5.74) is 2.17. The molecule has 7 nitrogen and oxygen atoms in total. The van der Waals surface area contributed by atoms with Crippen molar-refractivity contribution >= 4 is 11.8 Å². The van der Waals surface area contributed by atoms with Gasteiger partial charge in [0.1, 0.15) is 0 Å². The van der Waals surface area contributed by atoms with Crippen molar-refractivity contribution in [2.45, 2.75) is 31.9 Å². The number of carboxylic acid groups (broad SMARTS) is 1. The van der Waals surface area contributed by atoms with Gasteiger partial charge in [-0.2, -0.15) is 5.10 Å². The minimum absolute atomic E-state index is 0.0282. The van der Waals surface area contributed by atoms with Crippen LogP contribution in [-0.4, -0.2) is 40.7 Å². The summed E-state index contributed by atoms with van der Waals surface area (Å²) in [4.78, 5) is 10.6. The topological polar surface area (TPSA) is 88.4 Å². The molecule has 2 unspecified atom stereocenters. The van der Waals surface area contributed by atoms with Crippen molar-refractivity contribution in [3.8, 4) is 0 Å². The predicted molar refractivity (Wildman–Crippen MR) is 72.8 cm³/mol. The third-order valence-corrected chi connectivity index (χ3v) is 3.93. The molecule has 2 atom stereocenters. The molecule has 20 heavy (non-hydrogen) atoms. The van der Waals surface area contributed by atoms with Gasteiger partial charge in [0.25, 0.3) is 0 Å². The number of amides is 1. The van der Waals surface area contributed by atoms with E-state index in [1.165, 1.54) is 0 Å². The molecule has 1 aromatic heterocycles.